The van der Waals surface area contributed by atoms with Crippen LogP contribution in [0.15, 0.2) is 4.36 Å². The van der Waals surface area contributed by atoms with Gasteiger partial charge in [-0.25, -0.2) is 8.57 Å². The smallest absolute Gasteiger partial charge is 0.0470 e. The SMILES string of the molecule is CN=S1(=O)CC(C)C1. The molecule has 1 aliphatic rings. The van der Waals surface area contributed by atoms with Gasteiger partial charge in [0, 0.05) is 28.3 Å². The molecule has 0 atom stereocenters. The van der Waals surface area contributed by atoms with Crippen LogP contribution in [0.1, 0.15) is 6.92 Å². The van der Waals surface area contributed by atoms with E-state index in [1.807, 2.05) is 0 Å². The fourth-order valence-corrected chi connectivity index (χ4v) is 2.97. The molecule has 0 unspecified atom stereocenters. The second kappa shape index (κ2) is 1.72. The van der Waals surface area contributed by atoms with E-state index in [9.17, 15) is 4.21 Å². The maximum Gasteiger partial charge on any atom is 0.0470 e. The molecule has 0 amide bonds. The highest BCUT2D eigenvalue weighted by atomic mass is 32.2. The summed E-state index contributed by atoms with van der Waals surface area (Å²) in [7, 11) is -0.00400. The van der Waals surface area contributed by atoms with E-state index in [1.165, 1.54) is 0 Å². The van der Waals surface area contributed by atoms with Crippen molar-refractivity contribution in [2.75, 3.05) is 18.6 Å². The van der Waals surface area contributed by atoms with Crippen LogP contribution < -0.4 is 0 Å². The molecule has 2 nitrogen and oxygen atoms in total. The molecule has 0 saturated carbocycles. The zero-order valence-electron chi connectivity index (χ0n) is 5.26. The first-order valence-corrected chi connectivity index (χ1v) is 4.62. The standard InChI is InChI=1S/C5H11NOS/c1-5-3-8(7,4-5)6-2/h5H,3-4H2,1-2H3. The molecule has 3 heteroatoms. The van der Waals surface area contributed by atoms with Gasteiger partial charge in [-0.2, -0.15) is 0 Å². The molecule has 0 aromatic carbocycles. The molecule has 8 heavy (non-hydrogen) atoms. The minimum atomic E-state index is -1.65. The number of hydrogen-bond acceptors (Lipinski definition) is 2. The fraction of sp³-hybridized carbons (Fsp3) is 1.00. The summed E-state index contributed by atoms with van der Waals surface area (Å²) in [6.07, 6.45) is 0. The van der Waals surface area contributed by atoms with Gasteiger partial charge in [-0.15, -0.1) is 0 Å². The Morgan fingerprint density at radius 2 is 2.12 bits per heavy atom. The van der Waals surface area contributed by atoms with E-state index in [4.69, 9.17) is 0 Å². The third-order valence-electron chi connectivity index (χ3n) is 1.42. The highest BCUT2D eigenvalue weighted by Gasteiger charge is 2.26. The Hall–Kier alpha value is -0.0500. The van der Waals surface area contributed by atoms with E-state index in [1.54, 1.807) is 7.05 Å². The van der Waals surface area contributed by atoms with Gasteiger partial charge in [-0.05, 0) is 5.92 Å². The Morgan fingerprint density at radius 1 is 1.62 bits per heavy atom. The monoisotopic (exact) mass is 133 g/mol. The van der Waals surface area contributed by atoms with Crippen LogP contribution >= 0.6 is 0 Å². The van der Waals surface area contributed by atoms with Crippen molar-refractivity contribution in [1.29, 1.82) is 0 Å². The van der Waals surface area contributed by atoms with Crippen molar-refractivity contribution in [3.05, 3.63) is 0 Å². The molecular formula is C5H11NOS. The zero-order valence-corrected chi connectivity index (χ0v) is 6.07. The Balaban J connectivity index is 2.69. The molecule has 0 aromatic rings. The molecular weight excluding hydrogens is 122 g/mol. The third-order valence-corrected chi connectivity index (χ3v) is 4.27. The number of hydrogen-bond donors (Lipinski definition) is 0. The predicted octanol–water partition coefficient (Wildman–Crippen LogP) is 0.734. The summed E-state index contributed by atoms with van der Waals surface area (Å²) in [6.45, 7) is 2.11. The van der Waals surface area contributed by atoms with Crippen LogP contribution in [0, 0.1) is 5.92 Å². The molecule has 1 aliphatic heterocycles. The van der Waals surface area contributed by atoms with Gasteiger partial charge in [0.15, 0.2) is 0 Å². The first-order valence-electron chi connectivity index (χ1n) is 2.77. The van der Waals surface area contributed by atoms with Crippen LogP contribution in [0.3, 0.4) is 0 Å². The molecule has 0 aromatic heterocycles. The quantitative estimate of drug-likeness (QED) is 0.479. The van der Waals surface area contributed by atoms with Crippen molar-refractivity contribution in [3.8, 4) is 0 Å². The predicted molar refractivity (Wildman–Crippen MR) is 35.4 cm³/mol. The van der Waals surface area contributed by atoms with Crippen molar-refractivity contribution in [1.82, 2.24) is 0 Å². The average Bonchev–Trinajstić information content (AvgIpc) is 1.63. The lowest BCUT2D eigenvalue weighted by atomic mass is 10.2. The topological polar surface area (TPSA) is 29.4 Å². The first kappa shape index (κ1) is 6.08. The fourth-order valence-electron chi connectivity index (χ4n) is 0.989. The van der Waals surface area contributed by atoms with E-state index in [-0.39, 0.29) is 0 Å². The minimum absolute atomic E-state index is 0.645. The van der Waals surface area contributed by atoms with Gasteiger partial charge in [0.25, 0.3) is 0 Å². The average molecular weight is 133 g/mol. The van der Waals surface area contributed by atoms with Gasteiger partial charge in [-0.3, -0.25) is 0 Å². The highest BCUT2D eigenvalue weighted by Crippen LogP contribution is 2.18. The third kappa shape index (κ3) is 0.869. The van der Waals surface area contributed by atoms with Crippen LogP contribution in [0.5, 0.6) is 0 Å². The molecule has 0 aliphatic carbocycles. The minimum Gasteiger partial charge on any atom is -0.250 e. The molecule has 1 fully saturated rings. The highest BCUT2D eigenvalue weighted by molar-refractivity contribution is 7.94. The summed E-state index contributed by atoms with van der Waals surface area (Å²) in [5, 5.41) is 0. The summed E-state index contributed by atoms with van der Waals surface area (Å²) in [6, 6.07) is 0. The molecule has 0 N–H and O–H groups in total. The van der Waals surface area contributed by atoms with Crippen LogP contribution in [0.2, 0.25) is 0 Å². The van der Waals surface area contributed by atoms with E-state index < -0.39 is 9.73 Å². The number of nitrogens with zero attached hydrogens (tertiary/aromatic N) is 1. The molecule has 0 radical (unpaired) electrons. The molecule has 1 rings (SSSR count). The Bertz CT molecular complexity index is 179. The van der Waals surface area contributed by atoms with Gasteiger partial charge in [0.2, 0.25) is 0 Å². The molecule has 48 valence electrons. The van der Waals surface area contributed by atoms with Crippen LogP contribution in [-0.2, 0) is 9.73 Å². The molecule has 1 heterocycles. The van der Waals surface area contributed by atoms with Crippen molar-refractivity contribution in [2.24, 2.45) is 10.3 Å². The molecule has 0 spiro atoms. The summed E-state index contributed by atoms with van der Waals surface area (Å²) < 4.78 is 14.9. The summed E-state index contributed by atoms with van der Waals surface area (Å²) in [5.41, 5.74) is 0. The van der Waals surface area contributed by atoms with E-state index in [2.05, 4.69) is 11.3 Å². The second-order valence-corrected chi connectivity index (χ2v) is 4.97. The van der Waals surface area contributed by atoms with E-state index in [0.29, 0.717) is 5.92 Å². The molecule has 1 saturated heterocycles. The van der Waals surface area contributed by atoms with Gasteiger partial charge in [0.1, 0.15) is 0 Å². The van der Waals surface area contributed by atoms with E-state index >= 15 is 0 Å². The zero-order chi connectivity index (χ0) is 6.20. The summed E-state index contributed by atoms with van der Waals surface area (Å²) in [5.74, 6) is 2.29. The van der Waals surface area contributed by atoms with Crippen LogP contribution in [-0.4, -0.2) is 22.8 Å². The largest absolute Gasteiger partial charge is 0.250 e. The Kier molecular flexibility index (Phi) is 1.31. The lowest BCUT2D eigenvalue weighted by Gasteiger charge is -2.25. The lowest BCUT2D eigenvalue weighted by Crippen LogP contribution is -2.33. The molecule has 0 bridgehead atoms. The van der Waals surface area contributed by atoms with Crippen molar-refractivity contribution >= 4 is 9.73 Å². The second-order valence-electron chi connectivity index (χ2n) is 2.39. The van der Waals surface area contributed by atoms with Crippen LogP contribution in [0.4, 0.5) is 0 Å². The summed E-state index contributed by atoms with van der Waals surface area (Å²) >= 11 is 0. The van der Waals surface area contributed by atoms with Crippen molar-refractivity contribution in [3.63, 3.8) is 0 Å². The Morgan fingerprint density at radius 3 is 2.25 bits per heavy atom. The van der Waals surface area contributed by atoms with Gasteiger partial charge >= 0.3 is 0 Å². The first-order chi connectivity index (χ1) is 3.66. The van der Waals surface area contributed by atoms with E-state index in [0.717, 1.165) is 11.5 Å². The van der Waals surface area contributed by atoms with Gasteiger partial charge in [0.05, 0.1) is 0 Å². The lowest BCUT2D eigenvalue weighted by molar-refractivity contribution is 0.613. The van der Waals surface area contributed by atoms with Crippen molar-refractivity contribution < 1.29 is 4.21 Å². The van der Waals surface area contributed by atoms with Crippen LogP contribution in [0.25, 0.3) is 0 Å². The van der Waals surface area contributed by atoms with Crippen molar-refractivity contribution in [2.45, 2.75) is 6.92 Å². The van der Waals surface area contributed by atoms with Gasteiger partial charge in [-0.1, -0.05) is 6.92 Å². The Labute approximate surface area is 50.5 Å². The number of rotatable bonds is 0. The maximum atomic E-state index is 11.1. The normalized spacial score (nSPS) is 45.5. The summed E-state index contributed by atoms with van der Waals surface area (Å²) in [4.78, 5) is 0. The van der Waals surface area contributed by atoms with Gasteiger partial charge < -0.3 is 0 Å². The maximum absolute atomic E-state index is 11.1.